The summed E-state index contributed by atoms with van der Waals surface area (Å²) in [5.74, 6) is 0.498. The van der Waals surface area contributed by atoms with Gasteiger partial charge in [-0.05, 0) is 29.8 Å². The van der Waals surface area contributed by atoms with E-state index in [-0.39, 0.29) is 0 Å². The van der Waals surface area contributed by atoms with Gasteiger partial charge in [0.05, 0.1) is 5.56 Å². The standard InChI is InChI=1S/C16H10F3N3/c17-16(18,19)14-3-1-2-12(8-14)13-9-21-15(22-10-13)11-4-6-20-7-5-11/h1-10H. The molecule has 0 aliphatic rings. The Morgan fingerprint density at radius 1 is 0.773 bits per heavy atom. The minimum Gasteiger partial charge on any atom is -0.265 e. The largest absolute Gasteiger partial charge is 0.416 e. The molecule has 0 N–H and O–H groups in total. The molecule has 0 unspecified atom stereocenters. The second-order valence-electron chi connectivity index (χ2n) is 4.61. The van der Waals surface area contributed by atoms with Crippen molar-refractivity contribution in [2.75, 3.05) is 0 Å². The topological polar surface area (TPSA) is 38.7 Å². The molecule has 3 aromatic rings. The van der Waals surface area contributed by atoms with Crippen molar-refractivity contribution in [3.05, 3.63) is 66.7 Å². The van der Waals surface area contributed by atoms with Crippen molar-refractivity contribution in [2.45, 2.75) is 6.18 Å². The van der Waals surface area contributed by atoms with Gasteiger partial charge in [-0.15, -0.1) is 0 Å². The Kier molecular flexibility index (Phi) is 3.58. The van der Waals surface area contributed by atoms with E-state index in [4.69, 9.17) is 0 Å². The molecule has 0 bridgehead atoms. The zero-order chi connectivity index (χ0) is 15.6. The lowest BCUT2D eigenvalue weighted by molar-refractivity contribution is -0.137. The maximum Gasteiger partial charge on any atom is 0.416 e. The predicted octanol–water partition coefficient (Wildman–Crippen LogP) is 4.22. The van der Waals surface area contributed by atoms with E-state index in [0.29, 0.717) is 17.0 Å². The monoisotopic (exact) mass is 301 g/mol. The Bertz CT molecular complexity index is 769. The van der Waals surface area contributed by atoms with Gasteiger partial charge < -0.3 is 0 Å². The van der Waals surface area contributed by atoms with Gasteiger partial charge in [0.25, 0.3) is 0 Å². The first-order valence-corrected chi connectivity index (χ1v) is 6.44. The minimum atomic E-state index is -4.37. The van der Waals surface area contributed by atoms with Gasteiger partial charge in [-0.2, -0.15) is 13.2 Å². The average Bonchev–Trinajstić information content (AvgIpc) is 2.55. The number of benzene rings is 1. The Morgan fingerprint density at radius 3 is 2.09 bits per heavy atom. The molecule has 0 radical (unpaired) electrons. The molecular weight excluding hydrogens is 291 g/mol. The summed E-state index contributed by atoms with van der Waals surface area (Å²) < 4.78 is 38.2. The maximum absolute atomic E-state index is 12.7. The third-order valence-corrected chi connectivity index (χ3v) is 3.11. The zero-order valence-corrected chi connectivity index (χ0v) is 11.2. The van der Waals surface area contributed by atoms with E-state index >= 15 is 0 Å². The third-order valence-electron chi connectivity index (χ3n) is 3.11. The lowest BCUT2D eigenvalue weighted by Crippen LogP contribution is -2.04. The lowest BCUT2D eigenvalue weighted by atomic mass is 10.1. The van der Waals surface area contributed by atoms with E-state index in [0.717, 1.165) is 17.7 Å². The Hall–Kier alpha value is -2.76. The normalized spacial score (nSPS) is 11.4. The van der Waals surface area contributed by atoms with E-state index in [2.05, 4.69) is 15.0 Å². The van der Waals surface area contributed by atoms with Gasteiger partial charge in [-0.25, -0.2) is 9.97 Å². The fourth-order valence-corrected chi connectivity index (χ4v) is 2.00. The summed E-state index contributed by atoms with van der Waals surface area (Å²) in [6.45, 7) is 0. The van der Waals surface area contributed by atoms with Crippen LogP contribution >= 0.6 is 0 Å². The summed E-state index contributed by atoms with van der Waals surface area (Å²) in [5, 5.41) is 0. The van der Waals surface area contributed by atoms with Gasteiger partial charge in [-0.3, -0.25) is 4.98 Å². The van der Waals surface area contributed by atoms with Gasteiger partial charge >= 0.3 is 6.18 Å². The molecule has 2 heterocycles. The number of nitrogens with zero attached hydrogens (tertiary/aromatic N) is 3. The van der Waals surface area contributed by atoms with Crippen molar-refractivity contribution in [2.24, 2.45) is 0 Å². The van der Waals surface area contributed by atoms with Crippen molar-refractivity contribution < 1.29 is 13.2 Å². The average molecular weight is 301 g/mol. The molecule has 0 amide bonds. The summed E-state index contributed by atoms with van der Waals surface area (Å²) >= 11 is 0. The molecule has 0 fully saturated rings. The molecular formula is C16H10F3N3. The lowest BCUT2D eigenvalue weighted by Gasteiger charge is -2.08. The molecule has 3 nitrogen and oxygen atoms in total. The van der Waals surface area contributed by atoms with Crippen LogP contribution in [0.4, 0.5) is 13.2 Å². The predicted molar refractivity (Wildman–Crippen MR) is 75.7 cm³/mol. The van der Waals surface area contributed by atoms with Crippen LogP contribution in [0.3, 0.4) is 0 Å². The summed E-state index contributed by atoms with van der Waals surface area (Å²) in [6.07, 6.45) is 1.91. The van der Waals surface area contributed by atoms with Crippen LogP contribution < -0.4 is 0 Å². The van der Waals surface area contributed by atoms with Crippen LogP contribution in [0.25, 0.3) is 22.5 Å². The Morgan fingerprint density at radius 2 is 1.45 bits per heavy atom. The summed E-state index contributed by atoms with van der Waals surface area (Å²) in [5.41, 5.74) is 1.06. The molecule has 3 rings (SSSR count). The van der Waals surface area contributed by atoms with Crippen molar-refractivity contribution >= 4 is 0 Å². The molecule has 110 valence electrons. The van der Waals surface area contributed by atoms with Crippen LogP contribution in [0.15, 0.2) is 61.2 Å². The highest BCUT2D eigenvalue weighted by atomic mass is 19.4. The second kappa shape index (κ2) is 5.55. The SMILES string of the molecule is FC(F)(F)c1cccc(-c2cnc(-c3ccncc3)nc2)c1. The second-order valence-corrected chi connectivity index (χ2v) is 4.61. The molecule has 0 saturated heterocycles. The maximum atomic E-state index is 12.7. The molecule has 0 aliphatic carbocycles. The van der Waals surface area contributed by atoms with Gasteiger partial charge in [0, 0.05) is 35.9 Å². The molecule has 0 saturated carbocycles. The van der Waals surface area contributed by atoms with Gasteiger partial charge in [0.15, 0.2) is 5.82 Å². The molecule has 22 heavy (non-hydrogen) atoms. The fourth-order valence-electron chi connectivity index (χ4n) is 2.00. The summed E-state index contributed by atoms with van der Waals surface area (Å²) in [7, 11) is 0. The molecule has 2 aromatic heterocycles. The molecule has 0 aliphatic heterocycles. The molecule has 0 atom stereocenters. The van der Waals surface area contributed by atoms with Crippen molar-refractivity contribution in [1.29, 1.82) is 0 Å². The van der Waals surface area contributed by atoms with Crippen LogP contribution in [0.2, 0.25) is 0 Å². The quantitative estimate of drug-likeness (QED) is 0.711. The highest BCUT2D eigenvalue weighted by Crippen LogP contribution is 2.32. The number of pyridine rings is 1. The molecule has 6 heteroatoms. The van der Waals surface area contributed by atoms with Crippen molar-refractivity contribution in [3.8, 4) is 22.5 Å². The van der Waals surface area contributed by atoms with Crippen LogP contribution in [-0.2, 0) is 6.18 Å². The van der Waals surface area contributed by atoms with Gasteiger partial charge in [0.1, 0.15) is 0 Å². The Labute approximate surface area is 124 Å². The smallest absolute Gasteiger partial charge is 0.265 e. The number of alkyl halides is 3. The third kappa shape index (κ3) is 2.95. The van der Waals surface area contributed by atoms with Crippen molar-refractivity contribution in [3.63, 3.8) is 0 Å². The highest BCUT2D eigenvalue weighted by molar-refractivity contribution is 5.64. The first-order chi connectivity index (χ1) is 10.5. The number of hydrogen-bond acceptors (Lipinski definition) is 3. The summed E-state index contributed by atoms with van der Waals surface area (Å²) in [6, 6.07) is 8.62. The number of rotatable bonds is 2. The number of halogens is 3. The number of aromatic nitrogens is 3. The molecule has 1 aromatic carbocycles. The van der Waals surface area contributed by atoms with Gasteiger partial charge in [0.2, 0.25) is 0 Å². The van der Waals surface area contributed by atoms with Gasteiger partial charge in [-0.1, -0.05) is 12.1 Å². The summed E-state index contributed by atoms with van der Waals surface area (Å²) in [4.78, 5) is 12.3. The Balaban J connectivity index is 1.94. The van der Waals surface area contributed by atoms with E-state index in [1.165, 1.54) is 18.5 Å². The minimum absolute atomic E-state index is 0.427. The fraction of sp³-hybridized carbons (Fsp3) is 0.0625. The van der Waals surface area contributed by atoms with E-state index in [1.54, 1.807) is 30.6 Å². The van der Waals surface area contributed by atoms with Crippen molar-refractivity contribution in [1.82, 2.24) is 15.0 Å². The first-order valence-electron chi connectivity index (χ1n) is 6.44. The van der Waals surface area contributed by atoms with Crippen LogP contribution in [0.5, 0.6) is 0 Å². The first kappa shape index (κ1) is 14.2. The molecule has 0 spiro atoms. The van der Waals surface area contributed by atoms with Crippen LogP contribution in [0, 0.1) is 0 Å². The number of hydrogen-bond donors (Lipinski definition) is 0. The zero-order valence-electron chi connectivity index (χ0n) is 11.2. The van der Waals surface area contributed by atoms with Crippen LogP contribution in [0.1, 0.15) is 5.56 Å². The van der Waals surface area contributed by atoms with E-state index < -0.39 is 11.7 Å². The van der Waals surface area contributed by atoms with E-state index in [1.807, 2.05) is 0 Å². The highest BCUT2D eigenvalue weighted by Gasteiger charge is 2.30. The van der Waals surface area contributed by atoms with Crippen LogP contribution in [-0.4, -0.2) is 15.0 Å². The van der Waals surface area contributed by atoms with E-state index in [9.17, 15) is 13.2 Å².